The van der Waals surface area contributed by atoms with Crippen molar-refractivity contribution in [2.75, 3.05) is 0 Å². The quantitative estimate of drug-likeness (QED) is 0.237. The van der Waals surface area contributed by atoms with E-state index in [1.165, 1.54) is 0 Å². The Kier molecular flexibility index (Phi) is 9.04. The summed E-state index contributed by atoms with van der Waals surface area (Å²) in [6, 6.07) is 21.1. The second-order valence-corrected chi connectivity index (χ2v) is 13.6. The molecule has 0 bridgehead atoms. The van der Waals surface area contributed by atoms with Gasteiger partial charge in [0.2, 0.25) is 30.1 Å². The van der Waals surface area contributed by atoms with Crippen LogP contribution in [0.3, 0.4) is 0 Å². The van der Waals surface area contributed by atoms with Crippen molar-refractivity contribution in [2.24, 2.45) is 15.4 Å². The molecule has 3 aromatic heterocycles. The Bertz CT molecular complexity index is 1920. The number of hydrogen-bond acceptors (Lipinski definition) is 12. The highest BCUT2D eigenvalue weighted by Gasteiger charge is 2.15. The zero-order valence-corrected chi connectivity index (χ0v) is 24.0. The summed E-state index contributed by atoms with van der Waals surface area (Å²) in [5.74, 6) is -0.905. The van der Waals surface area contributed by atoms with Crippen molar-refractivity contribution in [1.82, 2.24) is 15.5 Å². The largest absolute Gasteiger partial charge is 0.356 e. The first-order valence-electron chi connectivity index (χ1n) is 11.7. The average molecular weight is 637 g/mol. The first kappa shape index (κ1) is 30.8. The van der Waals surface area contributed by atoms with E-state index in [0.29, 0.717) is 50.0 Å². The van der Waals surface area contributed by atoms with Gasteiger partial charge < -0.3 is 13.6 Å². The molecular formula is C24H24N6O9S3. The number of fused-ring (bicyclic) bond motifs is 3. The van der Waals surface area contributed by atoms with Crippen molar-refractivity contribution in [2.45, 2.75) is 17.3 Å². The molecule has 0 aliphatic carbocycles. The minimum atomic E-state index is -3.56. The van der Waals surface area contributed by atoms with Crippen LogP contribution in [0.4, 0.5) is 0 Å². The Hall–Kier alpha value is -4.20. The Morgan fingerprint density at radius 2 is 0.690 bits per heavy atom. The molecule has 0 atom stereocenters. The van der Waals surface area contributed by atoms with Gasteiger partial charge in [-0.25, -0.2) is 40.7 Å². The highest BCUT2D eigenvalue weighted by Crippen LogP contribution is 2.20. The standard InChI is InChI=1S/3C8H8N2O3S/c3*9-14(11,12)5-7-6-3-1-2-4-8(6)13-10-7/h3*1-4H,5H2,(H2,9,11,12). The molecule has 0 saturated carbocycles. The number of para-hydroxylation sites is 3. The summed E-state index contributed by atoms with van der Waals surface area (Å²) in [6.07, 6.45) is 0. The summed E-state index contributed by atoms with van der Waals surface area (Å²) in [4.78, 5) is 0. The molecular weight excluding hydrogens is 612 g/mol. The Labute approximate surface area is 239 Å². The summed E-state index contributed by atoms with van der Waals surface area (Å²) >= 11 is 0. The molecule has 3 aromatic carbocycles. The summed E-state index contributed by atoms with van der Waals surface area (Å²) in [5, 5.41) is 27.7. The SMILES string of the molecule is NS(=O)(=O)Cc1noc2ccccc12.NS(=O)(=O)Cc1noc2ccccc12.NS(=O)(=O)Cc1noc2ccccc12. The fraction of sp³-hybridized carbons (Fsp3) is 0.125. The minimum absolute atomic E-state index is 0.302. The van der Waals surface area contributed by atoms with Crippen LogP contribution < -0.4 is 15.4 Å². The van der Waals surface area contributed by atoms with Crippen LogP contribution in [0.25, 0.3) is 32.9 Å². The third-order valence-electron chi connectivity index (χ3n) is 5.37. The highest BCUT2D eigenvalue weighted by molar-refractivity contribution is 7.88. The number of primary sulfonamides is 3. The van der Waals surface area contributed by atoms with Gasteiger partial charge >= 0.3 is 0 Å². The number of benzene rings is 3. The first-order chi connectivity index (χ1) is 19.7. The fourth-order valence-electron chi connectivity index (χ4n) is 3.70. The second-order valence-electron chi connectivity index (χ2n) is 8.80. The van der Waals surface area contributed by atoms with Gasteiger partial charge in [0.15, 0.2) is 16.7 Å². The predicted octanol–water partition coefficient (Wildman–Crippen LogP) is 1.85. The van der Waals surface area contributed by atoms with E-state index in [9.17, 15) is 25.3 Å². The smallest absolute Gasteiger partial charge is 0.214 e. The van der Waals surface area contributed by atoms with Crippen molar-refractivity contribution >= 4 is 63.0 Å². The van der Waals surface area contributed by atoms with E-state index in [-0.39, 0.29) is 17.3 Å². The van der Waals surface area contributed by atoms with Crippen LogP contribution in [0.5, 0.6) is 0 Å². The molecule has 0 aliphatic rings. The molecule has 18 heteroatoms. The van der Waals surface area contributed by atoms with Gasteiger partial charge in [0, 0.05) is 16.2 Å². The number of rotatable bonds is 6. The van der Waals surface area contributed by atoms with E-state index in [1.807, 2.05) is 0 Å². The van der Waals surface area contributed by atoms with Crippen LogP contribution in [-0.2, 0) is 47.3 Å². The van der Waals surface area contributed by atoms with Crippen LogP contribution in [0.15, 0.2) is 86.4 Å². The van der Waals surface area contributed by atoms with Gasteiger partial charge in [0.05, 0.1) is 0 Å². The molecule has 42 heavy (non-hydrogen) atoms. The first-order valence-corrected chi connectivity index (χ1v) is 16.8. The van der Waals surface area contributed by atoms with Crippen molar-refractivity contribution in [3.63, 3.8) is 0 Å². The van der Waals surface area contributed by atoms with Crippen molar-refractivity contribution in [3.8, 4) is 0 Å². The fourth-order valence-corrected chi connectivity index (χ4v) is 5.47. The maximum Gasteiger partial charge on any atom is 0.214 e. The molecule has 0 saturated heterocycles. The lowest BCUT2D eigenvalue weighted by Gasteiger charge is -1.92. The van der Waals surface area contributed by atoms with Crippen LogP contribution in [0.1, 0.15) is 17.1 Å². The van der Waals surface area contributed by atoms with Crippen molar-refractivity contribution in [1.29, 1.82) is 0 Å². The summed E-state index contributed by atoms with van der Waals surface area (Å²) in [6.45, 7) is 0. The number of nitrogens with zero attached hydrogens (tertiary/aromatic N) is 3. The maximum atomic E-state index is 10.8. The lowest BCUT2D eigenvalue weighted by Crippen LogP contribution is -2.14. The molecule has 6 rings (SSSR count). The third kappa shape index (κ3) is 8.65. The number of aromatic nitrogens is 3. The molecule has 0 amide bonds. The topological polar surface area (TPSA) is 259 Å². The van der Waals surface area contributed by atoms with Gasteiger partial charge in [-0.2, -0.15) is 0 Å². The number of nitrogens with two attached hydrogens (primary N) is 3. The van der Waals surface area contributed by atoms with Crippen molar-refractivity contribution < 1.29 is 38.8 Å². The summed E-state index contributed by atoms with van der Waals surface area (Å²) < 4.78 is 79.8. The zero-order chi connectivity index (χ0) is 30.5. The van der Waals surface area contributed by atoms with Crippen LogP contribution in [0.2, 0.25) is 0 Å². The third-order valence-corrected chi connectivity index (χ3v) is 7.40. The van der Waals surface area contributed by atoms with E-state index in [2.05, 4.69) is 15.5 Å². The molecule has 15 nitrogen and oxygen atoms in total. The molecule has 0 spiro atoms. The molecule has 0 aliphatic heterocycles. The molecule has 222 valence electrons. The van der Waals surface area contributed by atoms with Gasteiger partial charge in [0.25, 0.3) is 0 Å². The average Bonchev–Trinajstić information content (AvgIpc) is 3.61. The van der Waals surface area contributed by atoms with Gasteiger partial charge in [-0.3, -0.25) is 0 Å². The van der Waals surface area contributed by atoms with E-state index in [0.717, 1.165) is 0 Å². The Balaban J connectivity index is 0.000000145. The molecule has 0 fully saturated rings. The Morgan fingerprint density at radius 1 is 0.452 bits per heavy atom. The van der Waals surface area contributed by atoms with E-state index < -0.39 is 30.1 Å². The van der Waals surface area contributed by atoms with Gasteiger partial charge in [0.1, 0.15) is 34.3 Å². The molecule has 3 heterocycles. The minimum Gasteiger partial charge on any atom is -0.356 e. The van der Waals surface area contributed by atoms with Crippen LogP contribution in [-0.4, -0.2) is 40.7 Å². The normalized spacial score (nSPS) is 12.1. The van der Waals surface area contributed by atoms with Crippen molar-refractivity contribution in [3.05, 3.63) is 89.9 Å². The molecule has 6 N–H and O–H groups in total. The second kappa shape index (κ2) is 12.3. The number of sulfonamides is 3. The van der Waals surface area contributed by atoms with Crippen LogP contribution >= 0.6 is 0 Å². The van der Waals surface area contributed by atoms with E-state index in [4.69, 9.17) is 29.0 Å². The van der Waals surface area contributed by atoms with E-state index in [1.54, 1.807) is 72.8 Å². The van der Waals surface area contributed by atoms with Gasteiger partial charge in [-0.05, 0) is 36.4 Å². The monoisotopic (exact) mass is 636 g/mol. The molecule has 0 radical (unpaired) electrons. The number of hydrogen-bond donors (Lipinski definition) is 3. The molecule has 6 aromatic rings. The summed E-state index contributed by atoms with van der Waals surface area (Å²) in [7, 11) is -10.7. The van der Waals surface area contributed by atoms with Gasteiger partial charge in [-0.1, -0.05) is 51.9 Å². The Morgan fingerprint density at radius 3 is 0.929 bits per heavy atom. The maximum absolute atomic E-state index is 10.8. The van der Waals surface area contributed by atoms with Crippen LogP contribution in [0, 0.1) is 0 Å². The van der Waals surface area contributed by atoms with E-state index >= 15 is 0 Å². The molecule has 0 unspecified atom stereocenters. The van der Waals surface area contributed by atoms with Gasteiger partial charge in [-0.15, -0.1) is 0 Å². The predicted molar refractivity (Wildman–Crippen MR) is 152 cm³/mol. The zero-order valence-electron chi connectivity index (χ0n) is 21.5. The summed E-state index contributed by atoms with van der Waals surface area (Å²) in [5.41, 5.74) is 2.73. The lowest BCUT2D eigenvalue weighted by molar-refractivity contribution is 0.448. The lowest BCUT2D eigenvalue weighted by atomic mass is 10.2. The highest BCUT2D eigenvalue weighted by atomic mass is 32.2.